The average Bonchev–Trinajstić information content (AvgIpc) is 3.15. The Morgan fingerprint density at radius 2 is 1.93 bits per heavy atom. The second-order valence-electron chi connectivity index (χ2n) is 7.18. The second kappa shape index (κ2) is 7.79. The molecule has 0 fully saturated rings. The van der Waals surface area contributed by atoms with E-state index in [2.05, 4.69) is 10.4 Å². The minimum atomic E-state index is -0.861. The van der Waals surface area contributed by atoms with Crippen molar-refractivity contribution in [1.29, 1.82) is 0 Å². The van der Waals surface area contributed by atoms with Gasteiger partial charge in [0.15, 0.2) is 6.10 Å². The lowest BCUT2D eigenvalue weighted by atomic mass is 9.98. The molecule has 0 bridgehead atoms. The number of fused-ring (bicyclic) bond motifs is 1. The molecule has 1 aliphatic rings. The summed E-state index contributed by atoms with van der Waals surface area (Å²) in [6, 6.07) is 17.1. The van der Waals surface area contributed by atoms with Gasteiger partial charge in [0, 0.05) is 32.3 Å². The molecule has 1 atom stereocenters. The molecule has 3 aromatic rings. The van der Waals surface area contributed by atoms with Crippen molar-refractivity contribution in [1.82, 2.24) is 9.78 Å². The third-order valence-corrected chi connectivity index (χ3v) is 4.94. The monoisotopic (exact) mass is 390 g/mol. The minimum absolute atomic E-state index is 0.355. The SMILES string of the molecule is CN(C)c1ccc(Cn2nccc2NC(=O)C2Cc3ccccc3C(=O)O2)cc1. The topological polar surface area (TPSA) is 76.5 Å². The molecule has 7 nitrogen and oxygen atoms in total. The van der Waals surface area contributed by atoms with E-state index in [1.807, 2.05) is 55.4 Å². The van der Waals surface area contributed by atoms with Crippen LogP contribution >= 0.6 is 0 Å². The summed E-state index contributed by atoms with van der Waals surface area (Å²) in [5.74, 6) is -0.277. The van der Waals surface area contributed by atoms with Crippen molar-refractivity contribution < 1.29 is 14.3 Å². The first-order valence-electron chi connectivity index (χ1n) is 9.39. The second-order valence-corrected chi connectivity index (χ2v) is 7.18. The van der Waals surface area contributed by atoms with Gasteiger partial charge in [-0.2, -0.15) is 5.10 Å². The Hall–Kier alpha value is -3.61. The highest BCUT2D eigenvalue weighted by Crippen LogP contribution is 2.22. The quantitative estimate of drug-likeness (QED) is 0.678. The highest BCUT2D eigenvalue weighted by atomic mass is 16.5. The predicted molar refractivity (Wildman–Crippen MR) is 110 cm³/mol. The summed E-state index contributed by atoms with van der Waals surface area (Å²) < 4.78 is 7.04. The molecule has 1 N–H and O–H groups in total. The molecule has 29 heavy (non-hydrogen) atoms. The minimum Gasteiger partial charge on any atom is -0.448 e. The lowest BCUT2D eigenvalue weighted by Crippen LogP contribution is -2.38. The summed E-state index contributed by atoms with van der Waals surface area (Å²) in [4.78, 5) is 26.9. The molecule has 1 unspecified atom stereocenters. The fourth-order valence-electron chi connectivity index (χ4n) is 3.32. The van der Waals surface area contributed by atoms with Crippen LogP contribution < -0.4 is 10.2 Å². The number of amides is 1. The van der Waals surface area contributed by atoms with Gasteiger partial charge in [0.2, 0.25) is 0 Å². The van der Waals surface area contributed by atoms with E-state index in [4.69, 9.17) is 4.74 Å². The number of ether oxygens (including phenoxy) is 1. The number of rotatable bonds is 5. The molecule has 0 radical (unpaired) electrons. The molecule has 1 aliphatic heterocycles. The number of carbonyl (C=O) groups is 2. The van der Waals surface area contributed by atoms with Crippen molar-refractivity contribution in [2.75, 3.05) is 24.3 Å². The molecule has 7 heteroatoms. The largest absolute Gasteiger partial charge is 0.448 e. The lowest BCUT2D eigenvalue weighted by Gasteiger charge is -2.23. The van der Waals surface area contributed by atoms with Crippen molar-refractivity contribution >= 4 is 23.4 Å². The average molecular weight is 390 g/mol. The van der Waals surface area contributed by atoms with Gasteiger partial charge in [-0.15, -0.1) is 0 Å². The molecule has 1 amide bonds. The van der Waals surface area contributed by atoms with E-state index in [9.17, 15) is 9.59 Å². The fraction of sp³-hybridized carbons (Fsp3) is 0.227. The molecule has 1 aromatic heterocycles. The Kier molecular flexibility index (Phi) is 5.03. The van der Waals surface area contributed by atoms with Gasteiger partial charge in [-0.1, -0.05) is 30.3 Å². The summed E-state index contributed by atoms with van der Waals surface area (Å²) >= 11 is 0. The first-order valence-corrected chi connectivity index (χ1v) is 9.39. The van der Waals surface area contributed by atoms with E-state index in [0.717, 1.165) is 16.8 Å². The van der Waals surface area contributed by atoms with Crippen LogP contribution in [0.5, 0.6) is 0 Å². The van der Waals surface area contributed by atoms with Gasteiger partial charge in [-0.3, -0.25) is 4.79 Å². The number of nitrogens with zero attached hydrogens (tertiary/aromatic N) is 3. The van der Waals surface area contributed by atoms with Gasteiger partial charge in [0.25, 0.3) is 5.91 Å². The van der Waals surface area contributed by atoms with E-state index in [1.54, 1.807) is 29.1 Å². The van der Waals surface area contributed by atoms with Crippen LogP contribution in [-0.4, -0.2) is 41.9 Å². The zero-order valence-electron chi connectivity index (χ0n) is 16.3. The highest BCUT2D eigenvalue weighted by molar-refractivity contribution is 5.99. The van der Waals surface area contributed by atoms with Crippen LogP contribution in [0.4, 0.5) is 11.5 Å². The van der Waals surface area contributed by atoms with E-state index in [1.165, 1.54) is 0 Å². The number of cyclic esters (lactones) is 1. The molecule has 2 aromatic carbocycles. The summed E-state index contributed by atoms with van der Waals surface area (Å²) in [5.41, 5.74) is 3.51. The number of carbonyl (C=O) groups excluding carboxylic acids is 2. The fourth-order valence-corrected chi connectivity index (χ4v) is 3.32. The van der Waals surface area contributed by atoms with Crippen LogP contribution in [0, 0.1) is 0 Å². The highest BCUT2D eigenvalue weighted by Gasteiger charge is 2.31. The maximum Gasteiger partial charge on any atom is 0.339 e. The Morgan fingerprint density at radius 3 is 2.69 bits per heavy atom. The Morgan fingerprint density at radius 1 is 1.17 bits per heavy atom. The number of nitrogens with one attached hydrogen (secondary N) is 1. The Bertz CT molecular complexity index is 1040. The normalized spacial score (nSPS) is 15.4. The van der Waals surface area contributed by atoms with Crippen molar-refractivity contribution in [3.63, 3.8) is 0 Å². The van der Waals surface area contributed by atoms with Gasteiger partial charge in [0.05, 0.1) is 18.3 Å². The van der Waals surface area contributed by atoms with Crippen LogP contribution in [0.3, 0.4) is 0 Å². The first-order chi connectivity index (χ1) is 14.0. The smallest absolute Gasteiger partial charge is 0.339 e. The zero-order chi connectivity index (χ0) is 20.4. The van der Waals surface area contributed by atoms with Gasteiger partial charge in [-0.25, -0.2) is 9.48 Å². The third-order valence-electron chi connectivity index (χ3n) is 4.94. The molecule has 2 heterocycles. The van der Waals surface area contributed by atoms with Gasteiger partial charge in [0.1, 0.15) is 5.82 Å². The molecule has 0 saturated carbocycles. The number of anilines is 2. The number of benzene rings is 2. The van der Waals surface area contributed by atoms with Crippen LogP contribution in [0.1, 0.15) is 21.5 Å². The first kappa shape index (κ1) is 18.7. The predicted octanol–water partition coefficient (Wildman–Crippen LogP) is 2.72. The molecule has 0 spiro atoms. The van der Waals surface area contributed by atoms with E-state index in [-0.39, 0.29) is 5.91 Å². The number of aromatic nitrogens is 2. The molecule has 0 aliphatic carbocycles. The van der Waals surface area contributed by atoms with Crippen molar-refractivity contribution in [2.24, 2.45) is 0 Å². The van der Waals surface area contributed by atoms with E-state index in [0.29, 0.717) is 24.3 Å². The number of hydrogen-bond donors (Lipinski definition) is 1. The van der Waals surface area contributed by atoms with Crippen molar-refractivity contribution in [3.05, 3.63) is 77.5 Å². The Labute approximate surface area is 168 Å². The van der Waals surface area contributed by atoms with Crippen molar-refractivity contribution in [2.45, 2.75) is 19.1 Å². The van der Waals surface area contributed by atoms with E-state index >= 15 is 0 Å². The summed E-state index contributed by atoms with van der Waals surface area (Å²) in [6.45, 7) is 0.517. The lowest BCUT2D eigenvalue weighted by molar-refractivity contribution is -0.125. The van der Waals surface area contributed by atoms with Gasteiger partial charge >= 0.3 is 5.97 Å². The van der Waals surface area contributed by atoms with Gasteiger partial charge < -0.3 is 15.0 Å². The molecule has 4 rings (SSSR count). The maximum absolute atomic E-state index is 12.7. The number of hydrogen-bond acceptors (Lipinski definition) is 5. The van der Waals surface area contributed by atoms with Crippen molar-refractivity contribution in [3.8, 4) is 0 Å². The summed E-state index contributed by atoms with van der Waals surface area (Å²) in [5, 5.41) is 7.14. The number of esters is 1. The van der Waals surface area contributed by atoms with Gasteiger partial charge in [-0.05, 0) is 29.3 Å². The summed E-state index contributed by atoms with van der Waals surface area (Å²) in [6.07, 6.45) is 1.12. The van der Waals surface area contributed by atoms with Crippen LogP contribution in [0.25, 0.3) is 0 Å². The molecular formula is C22H22N4O3. The van der Waals surface area contributed by atoms with Crippen LogP contribution in [0.15, 0.2) is 60.8 Å². The molecule has 148 valence electrons. The molecular weight excluding hydrogens is 368 g/mol. The van der Waals surface area contributed by atoms with Crippen LogP contribution in [0.2, 0.25) is 0 Å². The third kappa shape index (κ3) is 3.99. The molecule has 0 saturated heterocycles. The Balaban J connectivity index is 1.45. The van der Waals surface area contributed by atoms with E-state index < -0.39 is 12.1 Å². The zero-order valence-corrected chi connectivity index (χ0v) is 16.3. The maximum atomic E-state index is 12.7. The standard InChI is InChI=1S/C22H22N4O3/c1-25(2)17-9-7-15(8-10-17)14-26-20(11-12-23-26)24-21(27)19-13-16-5-3-4-6-18(16)22(28)29-19/h3-12,19H,13-14H2,1-2H3,(H,24,27). The summed E-state index contributed by atoms with van der Waals surface area (Å²) in [7, 11) is 3.99. The van der Waals surface area contributed by atoms with Crippen LogP contribution in [-0.2, 0) is 22.5 Å².